The molecule has 0 fully saturated rings. The maximum atomic E-state index is 12.2. The molecule has 116 valence electrons. The highest BCUT2D eigenvalue weighted by Crippen LogP contribution is 2.18. The van der Waals surface area contributed by atoms with E-state index in [0.29, 0.717) is 12.1 Å². The summed E-state index contributed by atoms with van der Waals surface area (Å²) in [4.78, 5) is 16.3. The lowest BCUT2D eigenvalue weighted by molar-refractivity contribution is 0.0949. The minimum Gasteiger partial charge on any atom is -0.346 e. The number of hydrogen-bond acceptors (Lipinski definition) is 3. The predicted octanol–water partition coefficient (Wildman–Crippen LogP) is 2.72. The number of nitrogens with zero attached hydrogens (tertiary/aromatic N) is 3. The van der Waals surface area contributed by atoms with Gasteiger partial charge < -0.3 is 5.32 Å². The molecule has 5 heteroatoms. The summed E-state index contributed by atoms with van der Waals surface area (Å²) in [5.41, 5.74) is 4.52. The average Bonchev–Trinajstić information content (AvgIpc) is 2.95. The molecule has 5 nitrogen and oxygen atoms in total. The Labute approximate surface area is 135 Å². The van der Waals surface area contributed by atoms with Gasteiger partial charge >= 0.3 is 0 Å². The maximum Gasteiger partial charge on any atom is 0.251 e. The Kier molecular flexibility index (Phi) is 4.19. The van der Waals surface area contributed by atoms with Crippen LogP contribution in [0, 0.1) is 6.92 Å². The smallest absolute Gasteiger partial charge is 0.251 e. The number of hydrogen-bond donors (Lipinski definition) is 1. The highest BCUT2D eigenvalue weighted by Gasteiger charge is 2.11. The summed E-state index contributed by atoms with van der Waals surface area (Å²) in [6, 6.07) is 13.4. The van der Waals surface area contributed by atoms with Gasteiger partial charge in [-0.25, -0.2) is 0 Å². The first-order valence-corrected chi connectivity index (χ1v) is 7.42. The van der Waals surface area contributed by atoms with Crippen molar-refractivity contribution in [3.8, 4) is 11.3 Å². The van der Waals surface area contributed by atoms with Gasteiger partial charge in [0.15, 0.2) is 0 Å². The topological polar surface area (TPSA) is 59.8 Å². The Morgan fingerprint density at radius 1 is 1.17 bits per heavy atom. The van der Waals surface area contributed by atoms with Gasteiger partial charge in [0.1, 0.15) is 0 Å². The molecule has 0 spiro atoms. The molecule has 3 rings (SSSR count). The lowest BCUT2D eigenvalue weighted by Crippen LogP contribution is -2.23. The van der Waals surface area contributed by atoms with Crippen LogP contribution in [0.15, 0.2) is 54.9 Å². The highest BCUT2D eigenvalue weighted by atomic mass is 16.1. The predicted molar refractivity (Wildman–Crippen MR) is 88.8 cm³/mol. The Bertz CT molecular complexity index is 824. The van der Waals surface area contributed by atoms with Gasteiger partial charge in [-0.1, -0.05) is 18.2 Å². The van der Waals surface area contributed by atoms with Gasteiger partial charge in [-0.2, -0.15) is 5.10 Å². The van der Waals surface area contributed by atoms with Crippen molar-refractivity contribution in [3.63, 3.8) is 0 Å². The molecular formula is C18H18N4O. The minimum absolute atomic E-state index is 0.0841. The quantitative estimate of drug-likeness (QED) is 0.806. The summed E-state index contributed by atoms with van der Waals surface area (Å²) in [6.07, 6.45) is 3.50. The Balaban J connectivity index is 1.72. The van der Waals surface area contributed by atoms with E-state index in [4.69, 9.17) is 0 Å². The molecule has 0 saturated carbocycles. The van der Waals surface area contributed by atoms with Crippen LogP contribution in [0.3, 0.4) is 0 Å². The van der Waals surface area contributed by atoms with Crippen LogP contribution in [0.1, 0.15) is 21.6 Å². The minimum atomic E-state index is -0.0841. The van der Waals surface area contributed by atoms with E-state index in [0.717, 1.165) is 22.5 Å². The van der Waals surface area contributed by atoms with E-state index >= 15 is 0 Å². The molecule has 0 aliphatic heterocycles. The first-order chi connectivity index (χ1) is 11.1. The van der Waals surface area contributed by atoms with E-state index in [-0.39, 0.29) is 5.91 Å². The molecule has 1 N–H and O–H groups in total. The van der Waals surface area contributed by atoms with Crippen molar-refractivity contribution >= 4 is 5.91 Å². The Hall–Kier alpha value is -2.95. The number of nitrogens with one attached hydrogen (secondary N) is 1. The summed E-state index contributed by atoms with van der Waals surface area (Å²) in [6.45, 7) is 2.32. The normalized spacial score (nSPS) is 10.5. The van der Waals surface area contributed by atoms with E-state index in [1.54, 1.807) is 12.4 Å². The molecule has 0 saturated heterocycles. The summed E-state index contributed by atoms with van der Waals surface area (Å²) >= 11 is 0. The molecule has 1 aromatic carbocycles. The number of aromatic nitrogens is 3. The van der Waals surface area contributed by atoms with Crippen LogP contribution in [0.5, 0.6) is 0 Å². The second-order valence-electron chi connectivity index (χ2n) is 5.38. The van der Waals surface area contributed by atoms with E-state index in [2.05, 4.69) is 15.4 Å². The van der Waals surface area contributed by atoms with Crippen molar-refractivity contribution in [1.29, 1.82) is 0 Å². The van der Waals surface area contributed by atoms with Crippen LogP contribution in [-0.2, 0) is 13.6 Å². The number of carbonyl (C=O) groups is 1. The molecule has 0 unspecified atom stereocenters. The van der Waals surface area contributed by atoms with Gasteiger partial charge in [0, 0.05) is 30.6 Å². The number of carbonyl (C=O) groups excluding carboxylic acids is 1. The Morgan fingerprint density at radius 3 is 2.65 bits per heavy atom. The zero-order valence-electron chi connectivity index (χ0n) is 13.2. The molecular weight excluding hydrogens is 288 g/mol. The molecule has 23 heavy (non-hydrogen) atoms. The van der Waals surface area contributed by atoms with Crippen LogP contribution >= 0.6 is 0 Å². The monoisotopic (exact) mass is 306 g/mol. The molecule has 2 heterocycles. The van der Waals surface area contributed by atoms with Crippen LogP contribution in [0.4, 0.5) is 0 Å². The van der Waals surface area contributed by atoms with Crippen molar-refractivity contribution in [2.24, 2.45) is 7.05 Å². The van der Waals surface area contributed by atoms with Crippen molar-refractivity contribution in [2.45, 2.75) is 13.5 Å². The second-order valence-corrected chi connectivity index (χ2v) is 5.38. The van der Waals surface area contributed by atoms with Gasteiger partial charge in [0.25, 0.3) is 5.91 Å². The summed E-state index contributed by atoms with van der Waals surface area (Å²) in [5, 5.41) is 7.38. The van der Waals surface area contributed by atoms with Crippen molar-refractivity contribution < 1.29 is 4.79 Å². The van der Waals surface area contributed by atoms with Crippen molar-refractivity contribution in [1.82, 2.24) is 20.1 Å². The first-order valence-electron chi connectivity index (χ1n) is 7.42. The van der Waals surface area contributed by atoms with Gasteiger partial charge in [-0.3, -0.25) is 14.5 Å². The lowest BCUT2D eigenvalue weighted by Gasteiger charge is -2.05. The van der Waals surface area contributed by atoms with Gasteiger partial charge in [0.05, 0.1) is 17.9 Å². The number of rotatable bonds is 4. The summed E-state index contributed by atoms with van der Waals surface area (Å²) in [5.74, 6) is -0.0841. The number of benzene rings is 1. The third-order valence-corrected chi connectivity index (χ3v) is 3.73. The fourth-order valence-electron chi connectivity index (χ4n) is 2.50. The fourth-order valence-corrected chi connectivity index (χ4v) is 2.50. The standard InChI is InChI=1S/C18H18N4O/c1-13-5-3-4-6-16(13)18(23)20-12-15-11-17(22(2)21-15)14-7-9-19-10-8-14/h3-11H,12H2,1-2H3,(H,20,23). The molecule has 1 amide bonds. The van der Waals surface area contributed by atoms with Crippen LogP contribution < -0.4 is 5.32 Å². The molecule has 0 bridgehead atoms. The zero-order valence-corrected chi connectivity index (χ0v) is 13.2. The highest BCUT2D eigenvalue weighted by molar-refractivity contribution is 5.95. The van der Waals surface area contributed by atoms with E-state index in [9.17, 15) is 4.79 Å². The molecule has 0 aliphatic carbocycles. The lowest BCUT2D eigenvalue weighted by atomic mass is 10.1. The third-order valence-electron chi connectivity index (χ3n) is 3.73. The Morgan fingerprint density at radius 2 is 1.91 bits per heavy atom. The third kappa shape index (κ3) is 3.29. The largest absolute Gasteiger partial charge is 0.346 e. The first kappa shape index (κ1) is 15.0. The van der Waals surface area contributed by atoms with Gasteiger partial charge in [-0.05, 0) is 36.8 Å². The van der Waals surface area contributed by atoms with Gasteiger partial charge in [0.2, 0.25) is 0 Å². The molecule has 3 aromatic rings. The van der Waals surface area contributed by atoms with E-state index in [1.807, 2.05) is 61.1 Å². The van der Waals surface area contributed by atoms with Crippen LogP contribution in [-0.4, -0.2) is 20.7 Å². The maximum absolute atomic E-state index is 12.2. The molecule has 2 aromatic heterocycles. The van der Waals surface area contributed by atoms with Gasteiger partial charge in [-0.15, -0.1) is 0 Å². The summed E-state index contributed by atoms with van der Waals surface area (Å²) < 4.78 is 1.81. The van der Waals surface area contributed by atoms with Crippen LogP contribution in [0.2, 0.25) is 0 Å². The summed E-state index contributed by atoms with van der Waals surface area (Å²) in [7, 11) is 1.89. The number of aryl methyl sites for hydroxylation is 2. The number of pyridine rings is 1. The van der Waals surface area contributed by atoms with E-state index in [1.165, 1.54) is 0 Å². The van der Waals surface area contributed by atoms with Crippen LogP contribution in [0.25, 0.3) is 11.3 Å². The fraction of sp³-hybridized carbons (Fsp3) is 0.167. The zero-order chi connectivity index (χ0) is 16.2. The van der Waals surface area contributed by atoms with Crippen molar-refractivity contribution in [3.05, 3.63) is 71.7 Å². The second kappa shape index (κ2) is 6.44. The van der Waals surface area contributed by atoms with E-state index < -0.39 is 0 Å². The molecule has 0 aliphatic rings. The number of amides is 1. The molecule has 0 radical (unpaired) electrons. The molecule has 0 atom stereocenters. The SMILES string of the molecule is Cc1ccccc1C(=O)NCc1cc(-c2ccncc2)n(C)n1. The average molecular weight is 306 g/mol. The van der Waals surface area contributed by atoms with Crippen molar-refractivity contribution in [2.75, 3.05) is 0 Å².